The molecule has 2 saturated heterocycles. The number of piperidine rings is 1. The zero-order valence-electron chi connectivity index (χ0n) is 18.4. The summed E-state index contributed by atoms with van der Waals surface area (Å²) in [6.45, 7) is 7.85. The van der Waals surface area contributed by atoms with Crippen LogP contribution < -0.4 is 0 Å². The molecular formula is C26H28ClN3O2. The quantitative estimate of drug-likeness (QED) is 0.553. The lowest BCUT2D eigenvalue weighted by molar-refractivity contribution is -0.136. The van der Waals surface area contributed by atoms with Crippen molar-refractivity contribution >= 4 is 23.2 Å². The van der Waals surface area contributed by atoms with Gasteiger partial charge in [0.25, 0.3) is 0 Å². The lowest BCUT2D eigenvalue weighted by Gasteiger charge is -2.45. The zero-order chi connectivity index (χ0) is 22.3. The van der Waals surface area contributed by atoms with Crippen molar-refractivity contribution in [2.45, 2.75) is 50.5 Å². The van der Waals surface area contributed by atoms with Crippen LogP contribution in [0.2, 0.25) is 5.02 Å². The van der Waals surface area contributed by atoms with E-state index >= 15 is 0 Å². The first kappa shape index (κ1) is 21.2. The Morgan fingerprint density at radius 1 is 1.22 bits per heavy atom. The summed E-state index contributed by atoms with van der Waals surface area (Å²) in [6.07, 6.45) is 9.37. The predicted octanol–water partition coefficient (Wildman–Crippen LogP) is 5.15. The topological polar surface area (TPSA) is 46.8 Å². The van der Waals surface area contributed by atoms with E-state index in [2.05, 4.69) is 42.8 Å². The number of amides is 1. The molecule has 6 heteroatoms. The largest absolute Gasteiger partial charge is 0.381 e. The summed E-state index contributed by atoms with van der Waals surface area (Å²) >= 11 is 6.97. The van der Waals surface area contributed by atoms with E-state index in [-0.39, 0.29) is 17.4 Å². The van der Waals surface area contributed by atoms with Crippen molar-refractivity contribution in [3.05, 3.63) is 82.9 Å². The van der Waals surface area contributed by atoms with Gasteiger partial charge in [-0.15, -0.1) is 0 Å². The number of halogens is 1. The number of hydrogen-bond donors (Lipinski definition) is 0. The van der Waals surface area contributed by atoms with Gasteiger partial charge in [-0.2, -0.15) is 0 Å². The van der Waals surface area contributed by atoms with Crippen molar-refractivity contribution in [2.24, 2.45) is 0 Å². The fourth-order valence-corrected chi connectivity index (χ4v) is 5.67. The van der Waals surface area contributed by atoms with Gasteiger partial charge in [-0.3, -0.25) is 4.79 Å². The smallest absolute Gasteiger partial charge is 0.227 e. The van der Waals surface area contributed by atoms with Crippen molar-refractivity contribution in [1.82, 2.24) is 14.3 Å². The van der Waals surface area contributed by atoms with Crippen molar-refractivity contribution < 1.29 is 9.53 Å². The van der Waals surface area contributed by atoms with Gasteiger partial charge >= 0.3 is 0 Å². The Balaban J connectivity index is 1.40. The molecule has 166 valence electrons. The number of fused-ring (bicyclic) bond motifs is 1. The number of imidazole rings is 1. The number of likely N-dealkylation sites (tertiary alicyclic amines) is 1. The number of allylic oxidation sites excluding steroid dienone is 1. The van der Waals surface area contributed by atoms with Gasteiger partial charge in [-0.05, 0) is 54.5 Å². The summed E-state index contributed by atoms with van der Waals surface area (Å²) in [5.41, 5.74) is 4.69. The number of benzene rings is 1. The number of carbonyl (C=O) groups excluding carboxylic acids is 1. The van der Waals surface area contributed by atoms with Gasteiger partial charge in [0, 0.05) is 60.4 Å². The summed E-state index contributed by atoms with van der Waals surface area (Å²) in [6, 6.07) is 10.6. The van der Waals surface area contributed by atoms with E-state index in [0.717, 1.165) is 58.7 Å². The fraction of sp³-hybridized carbons (Fsp3) is 0.385. The molecule has 0 radical (unpaired) electrons. The molecule has 5 rings (SSSR count). The van der Waals surface area contributed by atoms with Crippen LogP contribution in [-0.4, -0.2) is 39.4 Å². The Hall–Kier alpha value is -2.63. The molecule has 0 saturated carbocycles. The highest BCUT2D eigenvalue weighted by atomic mass is 35.5. The van der Waals surface area contributed by atoms with Gasteiger partial charge in [0.2, 0.25) is 5.91 Å². The van der Waals surface area contributed by atoms with Crippen molar-refractivity contribution in [3.8, 4) is 0 Å². The second-order valence-corrected chi connectivity index (χ2v) is 9.65. The van der Waals surface area contributed by atoms with Gasteiger partial charge in [0.1, 0.15) is 5.65 Å². The lowest BCUT2D eigenvalue weighted by Crippen LogP contribution is -2.49. The second-order valence-electron chi connectivity index (χ2n) is 9.27. The van der Waals surface area contributed by atoms with Crippen LogP contribution in [-0.2, 0) is 21.4 Å². The van der Waals surface area contributed by atoms with Crippen LogP contribution in [0.4, 0.5) is 0 Å². The molecule has 0 bridgehead atoms. The number of nitrogens with zero attached hydrogens (tertiary/aromatic N) is 3. The maximum atomic E-state index is 13.3. The van der Waals surface area contributed by atoms with Gasteiger partial charge in [0.15, 0.2) is 0 Å². The molecule has 2 aliphatic heterocycles. The molecule has 1 atom stereocenters. The van der Waals surface area contributed by atoms with Gasteiger partial charge in [0.05, 0.1) is 0 Å². The average molecular weight is 450 g/mol. The van der Waals surface area contributed by atoms with E-state index < -0.39 is 0 Å². The third-order valence-corrected chi connectivity index (χ3v) is 7.33. The van der Waals surface area contributed by atoms with Gasteiger partial charge < -0.3 is 14.0 Å². The molecule has 0 aliphatic carbocycles. The van der Waals surface area contributed by atoms with Crippen LogP contribution in [0.1, 0.15) is 49.3 Å². The minimum atomic E-state index is -0.365. The van der Waals surface area contributed by atoms with Gasteiger partial charge in [-0.25, -0.2) is 4.98 Å². The van der Waals surface area contributed by atoms with E-state index in [1.54, 1.807) is 6.20 Å². The maximum absolute atomic E-state index is 13.3. The van der Waals surface area contributed by atoms with E-state index in [0.29, 0.717) is 19.6 Å². The summed E-state index contributed by atoms with van der Waals surface area (Å²) < 4.78 is 7.47. The SMILES string of the molecule is C=C1C[C@](C)(c2cccc(Cc3ccn4ccnc4c3)c2Cl)CC(=O)N1C1CCOCC1. The highest BCUT2D eigenvalue weighted by Crippen LogP contribution is 2.44. The molecule has 32 heavy (non-hydrogen) atoms. The Labute approximate surface area is 193 Å². The molecule has 2 aromatic heterocycles. The van der Waals surface area contributed by atoms with Crippen LogP contribution in [0.15, 0.2) is 61.2 Å². The second kappa shape index (κ2) is 8.38. The highest BCUT2D eigenvalue weighted by molar-refractivity contribution is 6.32. The molecule has 4 heterocycles. The van der Waals surface area contributed by atoms with Crippen LogP contribution >= 0.6 is 11.6 Å². The van der Waals surface area contributed by atoms with Crippen LogP contribution in [0.25, 0.3) is 5.65 Å². The molecule has 5 nitrogen and oxygen atoms in total. The summed E-state index contributed by atoms with van der Waals surface area (Å²) in [5, 5.41) is 0.748. The molecule has 0 unspecified atom stereocenters. The first-order chi connectivity index (χ1) is 15.4. The highest BCUT2D eigenvalue weighted by Gasteiger charge is 2.42. The molecule has 1 aromatic carbocycles. The number of aromatic nitrogens is 2. The minimum Gasteiger partial charge on any atom is -0.381 e. The molecule has 0 N–H and O–H groups in total. The summed E-state index contributed by atoms with van der Waals surface area (Å²) in [7, 11) is 0. The molecule has 2 aliphatic rings. The van der Waals surface area contributed by atoms with Gasteiger partial charge in [-0.1, -0.05) is 43.3 Å². The molecule has 2 fully saturated rings. The maximum Gasteiger partial charge on any atom is 0.227 e. The first-order valence-corrected chi connectivity index (χ1v) is 11.6. The normalized spacial score (nSPS) is 22.6. The number of pyridine rings is 1. The fourth-order valence-electron chi connectivity index (χ4n) is 5.25. The van der Waals surface area contributed by atoms with Crippen molar-refractivity contribution in [3.63, 3.8) is 0 Å². The first-order valence-electron chi connectivity index (χ1n) is 11.2. The number of hydrogen-bond acceptors (Lipinski definition) is 3. The number of rotatable bonds is 4. The Kier molecular flexibility index (Phi) is 5.56. The third kappa shape index (κ3) is 3.84. The lowest BCUT2D eigenvalue weighted by atomic mass is 9.72. The molecule has 0 spiro atoms. The number of carbonyl (C=O) groups is 1. The summed E-state index contributed by atoms with van der Waals surface area (Å²) in [5.74, 6) is 0.141. The van der Waals surface area contributed by atoms with Crippen molar-refractivity contribution in [2.75, 3.05) is 13.2 Å². The van der Waals surface area contributed by atoms with E-state index in [1.807, 2.05) is 27.8 Å². The summed E-state index contributed by atoms with van der Waals surface area (Å²) in [4.78, 5) is 19.6. The van der Waals surface area contributed by atoms with Crippen LogP contribution in [0.5, 0.6) is 0 Å². The van der Waals surface area contributed by atoms with Crippen LogP contribution in [0.3, 0.4) is 0 Å². The molecular weight excluding hydrogens is 422 g/mol. The van der Waals surface area contributed by atoms with Crippen molar-refractivity contribution in [1.29, 1.82) is 0 Å². The van der Waals surface area contributed by atoms with E-state index in [4.69, 9.17) is 16.3 Å². The minimum absolute atomic E-state index is 0.141. The monoisotopic (exact) mass is 449 g/mol. The molecule has 1 amide bonds. The zero-order valence-corrected chi connectivity index (χ0v) is 19.1. The van der Waals surface area contributed by atoms with E-state index in [1.165, 1.54) is 0 Å². The predicted molar refractivity (Wildman–Crippen MR) is 126 cm³/mol. The number of ether oxygens (including phenoxy) is 1. The third-order valence-electron chi connectivity index (χ3n) is 6.89. The van der Waals surface area contributed by atoms with Crippen LogP contribution in [0, 0.1) is 0 Å². The van der Waals surface area contributed by atoms with E-state index in [9.17, 15) is 4.79 Å². The Bertz CT molecular complexity index is 1160. The Morgan fingerprint density at radius 3 is 2.81 bits per heavy atom. The Morgan fingerprint density at radius 2 is 2.03 bits per heavy atom. The standard InChI is InChI=1S/C26H28ClN3O2/c1-18-16-26(2,17-24(31)30(18)21-7-12-32-13-8-21)22-5-3-4-20(25(22)27)14-19-6-10-29-11-9-28-23(29)15-19/h3-6,9-11,15,21H,1,7-8,12-14,16-17H2,2H3/t26-/m0/s1. The molecule has 3 aromatic rings. The average Bonchev–Trinajstić information content (AvgIpc) is 3.23.